The molecule has 0 atom stereocenters. The molecule has 1 spiro atoms. The van der Waals surface area contributed by atoms with Gasteiger partial charge in [-0.3, -0.25) is 9.88 Å². The molecule has 0 bridgehead atoms. The van der Waals surface area contributed by atoms with Crippen LogP contribution < -0.4 is 4.74 Å². The SMILES string of the molecule is CC(C)(CO)CS(=O)(=O)Cc1ccc(-c2ccc3c(c2)CCC2(CCN(C(C)(C)C(F)(F)F)CC2)O3)nc1. The van der Waals surface area contributed by atoms with Gasteiger partial charge in [0, 0.05) is 36.9 Å². The molecule has 4 rings (SSSR count). The zero-order chi connectivity index (χ0) is 28.0. The molecular weight excluding hydrogens is 517 g/mol. The van der Waals surface area contributed by atoms with Gasteiger partial charge in [0.05, 0.1) is 17.2 Å². The number of benzene rings is 1. The second-order valence-corrected chi connectivity index (χ2v) is 14.1. The van der Waals surface area contributed by atoms with E-state index in [0.717, 1.165) is 29.7 Å². The van der Waals surface area contributed by atoms with E-state index in [9.17, 15) is 26.7 Å². The van der Waals surface area contributed by atoms with Crippen LogP contribution in [0.3, 0.4) is 0 Å². The van der Waals surface area contributed by atoms with Crippen LogP contribution in [0.1, 0.15) is 58.1 Å². The number of likely N-dealkylation sites (tertiary alicyclic amines) is 1. The van der Waals surface area contributed by atoms with E-state index >= 15 is 0 Å². The van der Waals surface area contributed by atoms with Crippen LogP contribution in [0.25, 0.3) is 11.3 Å². The van der Waals surface area contributed by atoms with Gasteiger partial charge < -0.3 is 9.84 Å². The molecule has 0 unspecified atom stereocenters. The molecule has 1 aromatic carbocycles. The maximum Gasteiger partial charge on any atom is 0.406 e. The van der Waals surface area contributed by atoms with Crippen molar-refractivity contribution in [2.75, 3.05) is 25.4 Å². The molecule has 3 heterocycles. The van der Waals surface area contributed by atoms with Gasteiger partial charge in [0.15, 0.2) is 9.84 Å². The van der Waals surface area contributed by atoms with E-state index in [1.165, 1.54) is 18.7 Å². The average molecular weight is 555 g/mol. The molecule has 2 aliphatic rings. The first-order valence-corrected chi connectivity index (χ1v) is 14.8. The lowest BCUT2D eigenvalue weighted by Crippen LogP contribution is -2.60. The highest BCUT2D eigenvalue weighted by molar-refractivity contribution is 7.90. The molecule has 1 fully saturated rings. The number of hydrogen-bond donors (Lipinski definition) is 1. The molecule has 0 radical (unpaired) electrons. The second kappa shape index (κ2) is 10.1. The van der Waals surface area contributed by atoms with Crippen LogP contribution in [0, 0.1) is 5.41 Å². The Bertz CT molecular complexity index is 1250. The third-order valence-electron chi connectivity index (χ3n) is 7.94. The van der Waals surface area contributed by atoms with Gasteiger partial charge in [-0.15, -0.1) is 0 Å². The van der Waals surface area contributed by atoms with Gasteiger partial charge in [-0.1, -0.05) is 19.9 Å². The van der Waals surface area contributed by atoms with Crippen LogP contribution in [0.15, 0.2) is 36.5 Å². The molecule has 210 valence electrons. The molecule has 0 aliphatic carbocycles. The van der Waals surface area contributed by atoms with Crippen LogP contribution in [-0.4, -0.2) is 66.2 Å². The largest absolute Gasteiger partial charge is 0.487 e. The number of aliphatic hydroxyl groups is 1. The monoisotopic (exact) mass is 554 g/mol. The summed E-state index contributed by atoms with van der Waals surface area (Å²) in [5, 5.41) is 9.38. The van der Waals surface area contributed by atoms with Crippen molar-refractivity contribution in [3.05, 3.63) is 47.7 Å². The van der Waals surface area contributed by atoms with Gasteiger partial charge in [-0.2, -0.15) is 13.2 Å². The molecule has 1 aromatic heterocycles. The standard InChI is InChI=1S/C28H37F3N2O4S/c1-25(2,18-34)19-38(35,36)17-20-5-7-23(32-16-20)21-6-8-24-22(15-21)9-10-27(37-24)11-13-33(14-12-27)26(3,4)28(29,30)31/h5-8,15-16,34H,9-14,17-19H2,1-4H3. The van der Waals surface area contributed by atoms with Crippen molar-refractivity contribution in [3.63, 3.8) is 0 Å². The molecular formula is C28H37F3N2O4S. The Morgan fingerprint density at radius 1 is 1.05 bits per heavy atom. The Morgan fingerprint density at radius 2 is 1.74 bits per heavy atom. The smallest absolute Gasteiger partial charge is 0.406 e. The van der Waals surface area contributed by atoms with Crippen molar-refractivity contribution in [1.29, 1.82) is 0 Å². The number of nitrogens with zero attached hydrogens (tertiary/aromatic N) is 2. The molecule has 1 N–H and O–H groups in total. The fourth-order valence-electron chi connectivity index (χ4n) is 5.31. The number of hydrogen-bond acceptors (Lipinski definition) is 6. The molecule has 0 saturated carbocycles. The highest BCUT2D eigenvalue weighted by Crippen LogP contribution is 2.43. The molecule has 2 aromatic rings. The molecule has 10 heteroatoms. The van der Waals surface area contributed by atoms with Crippen LogP contribution in [0.5, 0.6) is 5.75 Å². The number of alkyl halides is 3. The molecule has 0 amide bonds. The molecule has 6 nitrogen and oxygen atoms in total. The van der Waals surface area contributed by atoms with Crippen LogP contribution in [-0.2, 0) is 22.0 Å². The third-order valence-corrected chi connectivity index (χ3v) is 9.94. The summed E-state index contributed by atoms with van der Waals surface area (Å²) in [6.07, 6.45) is -0.101. The van der Waals surface area contributed by atoms with Gasteiger partial charge in [-0.05, 0) is 74.9 Å². The van der Waals surface area contributed by atoms with Gasteiger partial charge in [0.25, 0.3) is 0 Å². The molecule has 38 heavy (non-hydrogen) atoms. The van der Waals surface area contributed by atoms with E-state index < -0.39 is 32.6 Å². The van der Waals surface area contributed by atoms with Crippen molar-refractivity contribution in [3.8, 4) is 17.0 Å². The highest BCUT2D eigenvalue weighted by atomic mass is 32.2. The summed E-state index contributed by atoms with van der Waals surface area (Å²) >= 11 is 0. The first-order chi connectivity index (χ1) is 17.5. The zero-order valence-corrected chi connectivity index (χ0v) is 23.3. The maximum atomic E-state index is 13.5. The van der Waals surface area contributed by atoms with Crippen molar-refractivity contribution >= 4 is 9.84 Å². The van der Waals surface area contributed by atoms with E-state index in [4.69, 9.17) is 4.74 Å². The number of pyridine rings is 1. The fraction of sp³-hybridized carbons (Fsp3) is 0.607. The summed E-state index contributed by atoms with van der Waals surface area (Å²) in [6.45, 7) is 6.37. The van der Waals surface area contributed by atoms with Crippen LogP contribution >= 0.6 is 0 Å². The minimum Gasteiger partial charge on any atom is -0.487 e. The molecule has 1 saturated heterocycles. The lowest BCUT2D eigenvalue weighted by atomic mass is 9.81. The van der Waals surface area contributed by atoms with Crippen molar-refractivity contribution in [2.24, 2.45) is 5.41 Å². The number of sulfone groups is 1. The van der Waals surface area contributed by atoms with Crippen LogP contribution in [0.2, 0.25) is 0 Å². The first kappa shape index (κ1) is 28.8. The van der Waals surface area contributed by atoms with E-state index in [2.05, 4.69) is 4.98 Å². The van der Waals surface area contributed by atoms with Crippen molar-refractivity contribution in [2.45, 2.75) is 76.4 Å². The van der Waals surface area contributed by atoms with Gasteiger partial charge >= 0.3 is 6.18 Å². The minimum atomic E-state index is -4.29. The number of ether oxygens (including phenoxy) is 1. The Kier molecular flexibility index (Phi) is 7.66. The normalized spacial score (nSPS) is 18.7. The van der Waals surface area contributed by atoms with E-state index in [0.29, 0.717) is 37.2 Å². The zero-order valence-electron chi connectivity index (χ0n) is 22.4. The molecule has 2 aliphatic heterocycles. The number of piperidine rings is 1. The van der Waals surface area contributed by atoms with E-state index in [1.807, 2.05) is 18.2 Å². The second-order valence-electron chi connectivity index (χ2n) is 12.1. The Hall–Kier alpha value is -2.17. The van der Waals surface area contributed by atoms with Gasteiger partial charge in [-0.25, -0.2) is 8.42 Å². The summed E-state index contributed by atoms with van der Waals surface area (Å²) in [4.78, 5) is 5.99. The van der Waals surface area contributed by atoms with Gasteiger partial charge in [0.2, 0.25) is 0 Å². The van der Waals surface area contributed by atoms with E-state index in [1.54, 1.807) is 32.2 Å². The fourth-order valence-corrected chi connectivity index (χ4v) is 7.37. The lowest BCUT2D eigenvalue weighted by Gasteiger charge is -2.49. The summed E-state index contributed by atoms with van der Waals surface area (Å²) in [5.74, 6) is 0.516. The van der Waals surface area contributed by atoms with Gasteiger partial charge in [0.1, 0.15) is 16.9 Å². The number of halogens is 3. The number of aliphatic hydroxyl groups excluding tert-OH is 1. The quantitative estimate of drug-likeness (QED) is 0.508. The summed E-state index contributed by atoms with van der Waals surface area (Å²) in [5.41, 5.74) is 0.221. The van der Waals surface area contributed by atoms with E-state index in [-0.39, 0.29) is 18.1 Å². The summed E-state index contributed by atoms with van der Waals surface area (Å²) in [6, 6.07) is 9.38. The number of aromatic nitrogens is 1. The number of aryl methyl sites for hydroxylation is 1. The van der Waals surface area contributed by atoms with Crippen molar-refractivity contribution in [1.82, 2.24) is 9.88 Å². The first-order valence-electron chi connectivity index (χ1n) is 13.0. The number of fused-ring (bicyclic) bond motifs is 1. The van der Waals surface area contributed by atoms with Crippen LogP contribution in [0.4, 0.5) is 13.2 Å². The Morgan fingerprint density at radius 3 is 2.32 bits per heavy atom. The lowest BCUT2D eigenvalue weighted by molar-refractivity contribution is -0.227. The predicted octanol–water partition coefficient (Wildman–Crippen LogP) is 5.18. The summed E-state index contributed by atoms with van der Waals surface area (Å²) < 4.78 is 71.9. The number of rotatable bonds is 7. The third kappa shape index (κ3) is 6.18. The topological polar surface area (TPSA) is 79.7 Å². The highest BCUT2D eigenvalue weighted by Gasteiger charge is 2.53. The Labute approximate surface area is 223 Å². The maximum absolute atomic E-state index is 13.5. The average Bonchev–Trinajstić information content (AvgIpc) is 2.83. The predicted molar refractivity (Wildman–Crippen MR) is 141 cm³/mol. The summed E-state index contributed by atoms with van der Waals surface area (Å²) in [7, 11) is -3.40. The van der Waals surface area contributed by atoms with Crippen molar-refractivity contribution < 1.29 is 31.4 Å². The minimum absolute atomic E-state index is 0.108. The Balaban J connectivity index is 1.41.